The molecule has 0 radical (unpaired) electrons. The molecule has 1 unspecified atom stereocenters. The number of aromatic nitrogens is 1. The SMILES string of the molecule is O=[PH](O)OCCCNCc1cc(F)c(SCCCCCc2ccc(F)cc2)cn1. The van der Waals surface area contributed by atoms with Gasteiger partial charge in [-0.05, 0) is 61.7 Å². The van der Waals surface area contributed by atoms with E-state index < -0.39 is 8.25 Å². The number of benzene rings is 1. The molecule has 0 bridgehead atoms. The molecule has 2 rings (SSSR count). The molecular formula is C20H27F2N2O3PS. The number of aryl methyl sites for hydroxylation is 1. The van der Waals surface area contributed by atoms with Crippen molar-refractivity contribution in [2.45, 2.75) is 43.5 Å². The largest absolute Gasteiger partial charge is 0.326 e. The smallest absolute Gasteiger partial charge is 0.316 e. The third-order valence-electron chi connectivity index (χ3n) is 4.19. The van der Waals surface area contributed by atoms with Crippen molar-refractivity contribution >= 4 is 20.0 Å². The van der Waals surface area contributed by atoms with Crippen molar-refractivity contribution in [3.05, 3.63) is 59.4 Å². The molecule has 160 valence electrons. The number of thioether (sulfide) groups is 1. The molecule has 1 heterocycles. The van der Waals surface area contributed by atoms with Gasteiger partial charge >= 0.3 is 8.25 Å². The van der Waals surface area contributed by atoms with Crippen LogP contribution in [0.15, 0.2) is 41.4 Å². The van der Waals surface area contributed by atoms with Crippen LogP contribution >= 0.6 is 20.0 Å². The average Bonchev–Trinajstić information content (AvgIpc) is 2.69. The number of hydrogen-bond acceptors (Lipinski definition) is 5. The molecule has 0 aliphatic rings. The van der Waals surface area contributed by atoms with Gasteiger partial charge in [0.05, 0.1) is 17.2 Å². The lowest BCUT2D eigenvalue weighted by molar-refractivity contribution is 0.276. The normalized spacial score (nSPS) is 12.2. The highest BCUT2D eigenvalue weighted by Crippen LogP contribution is 2.23. The molecule has 0 fully saturated rings. The Morgan fingerprint density at radius 2 is 1.93 bits per heavy atom. The molecule has 0 saturated heterocycles. The van der Waals surface area contributed by atoms with Crippen molar-refractivity contribution in [2.24, 2.45) is 0 Å². The summed E-state index contributed by atoms with van der Waals surface area (Å²) < 4.78 is 42.0. The highest BCUT2D eigenvalue weighted by molar-refractivity contribution is 7.99. The Hall–Kier alpha value is -1.31. The van der Waals surface area contributed by atoms with Crippen LogP contribution < -0.4 is 5.32 Å². The van der Waals surface area contributed by atoms with Crippen LogP contribution in [0.4, 0.5) is 8.78 Å². The first-order valence-electron chi connectivity index (χ1n) is 9.62. The maximum absolute atomic E-state index is 14.2. The second-order valence-corrected chi connectivity index (χ2v) is 8.49. The quantitative estimate of drug-likeness (QED) is 0.249. The van der Waals surface area contributed by atoms with E-state index in [2.05, 4.69) is 14.8 Å². The zero-order valence-corrected chi connectivity index (χ0v) is 18.0. The molecular weight excluding hydrogens is 417 g/mol. The molecule has 2 N–H and O–H groups in total. The molecule has 0 aliphatic heterocycles. The van der Waals surface area contributed by atoms with E-state index in [9.17, 15) is 13.3 Å². The van der Waals surface area contributed by atoms with Crippen molar-refractivity contribution in [2.75, 3.05) is 18.9 Å². The van der Waals surface area contributed by atoms with Crippen LogP contribution in [0.5, 0.6) is 0 Å². The van der Waals surface area contributed by atoms with E-state index in [0.29, 0.717) is 30.1 Å². The first kappa shape index (κ1) is 24.0. The molecule has 0 saturated carbocycles. The average molecular weight is 444 g/mol. The van der Waals surface area contributed by atoms with Gasteiger partial charge in [0.1, 0.15) is 11.6 Å². The number of rotatable bonds is 14. The summed E-state index contributed by atoms with van der Waals surface area (Å²) in [6.45, 7) is 1.23. The fraction of sp³-hybridized carbons (Fsp3) is 0.450. The summed E-state index contributed by atoms with van der Waals surface area (Å²) in [7, 11) is -2.87. The van der Waals surface area contributed by atoms with Crippen molar-refractivity contribution in [1.29, 1.82) is 0 Å². The van der Waals surface area contributed by atoms with Gasteiger partial charge in [-0.2, -0.15) is 0 Å². The highest BCUT2D eigenvalue weighted by Gasteiger charge is 2.06. The Kier molecular flexibility index (Phi) is 11.4. The molecule has 0 spiro atoms. The Morgan fingerprint density at radius 1 is 1.14 bits per heavy atom. The number of pyridine rings is 1. The van der Waals surface area contributed by atoms with Crippen molar-refractivity contribution in [1.82, 2.24) is 10.3 Å². The molecule has 1 aromatic heterocycles. The summed E-state index contributed by atoms with van der Waals surface area (Å²) in [5, 5.41) is 3.10. The predicted molar refractivity (Wildman–Crippen MR) is 112 cm³/mol. The summed E-state index contributed by atoms with van der Waals surface area (Å²) in [6.07, 6.45) is 6.13. The Bertz CT molecular complexity index is 766. The lowest BCUT2D eigenvalue weighted by atomic mass is 10.1. The monoisotopic (exact) mass is 444 g/mol. The van der Waals surface area contributed by atoms with Gasteiger partial charge in [-0.25, -0.2) is 8.78 Å². The van der Waals surface area contributed by atoms with Crippen LogP contribution in [0.2, 0.25) is 0 Å². The second kappa shape index (κ2) is 13.8. The van der Waals surface area contributed by atoms with E-state index in [1.54, 1.807) is 6.20 Å². The fourth-order valence-corrected chi connectivity index (χ4v) is 3.89. The van der Waals surface area contributed by atoms with Crippen LogP contribution in [-0.2, 0) is 22.1 Å². The van der Waals surface area contributed by atoms with Gasteiger partial charge in [-0.3, -0.25) is 9.55 Å². The van der Waals surface area contributed by atoms with E-state index in [4.69, 9.17) is 4.89 Å². The summed E-state index contributed by atoms with van der Waals surface area (Å²) >= 11 is 1.47. The first-order chi connectivity index (χ1) is 14.0. The van der Waals surface area contributed by atoms with E-state index in [1.807, 2.05) is 12.1 Å². The van der Waals surface area contributed by atoms with E-state index in [-0.39, 0.29) is 18.2 Å². The molecule has 1 aromatic carbocycles. The predicted octanol–water partition coefficient (Wildman–Crippen LogP) is 4.74. The van der Waals surface area contributed by atoms with E-state index >= 15 is 0 Å². The van der Waals surface area contributed by atoms with E-state index in [1.165, 1.54) is 30.0 Å². The maximum atomic E-state index is 14.2. The lowest BCUT2D eigenvalue weighted by Crippen LogP contribution is -2.17. The molecule has 1 atom stereocenters. The van der Waals surface area contributed by atoms with Gasteiger partial charge in [0.15, 0.2) is 0 Å². The number of halogens is 2. The fourth-order valence-electron chi connectivity index (χ4n) is 2.68. The van der Waals surface area contributed by atoms with Crippen LogP contribution in [0.1, 0.15) is 36.9 Å². The van der Waals surface area contributed by atoms with Crippen LogP contribution in [0, 0.1) is 11.6 Å². The molecule has 5 nitrogen and oxygen atoms in total. The minimum absolute atomic E-state index is 0.211. The van der Waals surface area contributed by atoms with Crippen LogP contribution in [0.25, 0.3) is 0 Å². The Labute approximate surface area is 175 Å². The van der Waals surface area contributed by atoms with Crippen LogP contribution in [0.3, 0.4) is 0 Å². The zero-order chi connectivity index (χ0) is 20.9. The third kappa shape index (κ3) is 10.3. The van der Waals surface area contributed by atoms with Gasteiger partial charge in [-0.1, -0.05) is 18.6 Å². The maximum Gasteiger partial charge on any atom is 0.316 e. The Morgan fingerprint density at radius 3 is 2.66 bits per heavy atom. The highest BCUT2D eigenvalue weighted by atomic mass is 32.2. The van der Waals surface area contributed by atoms with Gasteiger partial charge < -0.3 is 14.7 Å². The number of hydrogen-bond donors (Lipinski definition) is 2. The number of unbranched alkanes of at least 4 members (excludes halogenated alkanes) is 2. The molecule has 29 heavy (non-hydrogen) atoms. The van der Waals surface area contributed by atoms with Crippen molar-refractivity contribution < 1.29 is 22.8 Å². The summed E-state index contributed by atoms with van der Waals surface area (Å²) in [5.41, 5.74) is 1.75. The van der Waals surface area contributed by atoms with Gasteiger partial charge in [0, 0.05) is 12.7 Å². The molecule has 0 amide bonds. The summed E-state index contributed by atoms with van der Waals surface area (Å²) in [6, 6.07) is 8.03. The number of nitrogens with one attached hydrogen (secondary N) is 1. The molecule has 2 aromatic rings. The first-order valence-corrected chi connectivity index (χ1v) is 11.9. The summed E-state index contributed by atoms with van der Waals surface area (Å²) in [4.78, 5) is 13.4. The molecule has 9 heteroatoms. The lowest BCUT2D eigenvalue weighted by Gasteiger charge is -2.07. The Balaban J connectivity index is 1.58. The number of nitrogens with zero attached hydrogens (tertiary/aromatic N) is 1. The second-order valence-electron chi connectivity index (χ2n) is 6.54. The van der Waals surface area contributed by atoms with Gasteiger partial charge in [-0.15, -0.1) is 11.8 Å². The standard InChI is InChI=1S/C20H27F2N2O3PS/c21-17-8-6-16(7-9-17)5-2-1-3-12-29-20-15-24-18(13-19(20)22)14-23-10-4-11-27-28(25)26/h6-9,13,15,23,28H,1-5,10-12,14H2,(H,25,26). The summed E-state index contributed by atoms with van der Waals surface area (Å²) in [5.74, 6) is 0.346. The van der Waals surface area contributed by atoms with Crippen molar-refractivity contribution in [3.8, 4) is 0 Å². The molecule has 0 aliphatic carbocycles. The zero-order valence-electron chi connectivity index (χ0n) is 16.2. The van der Waals surface area contributed by atoms with Gasteiger partial charge in [0.2, 0.25) is 0 Å². The topological polar surface area (TPSA) is 71.5 Å². The van der Waals surface area contributed by atoms with Crippen molar-refractivity contribution in [3.63, 3.8) is 0 Å². The van der Waals surface area contributed by atoms with E-state index in [0.717, 1.165) is 37.0 Å². The van der Waals surface area contributed by atoms with Gasteiger partial charge in [0.25, 0.3) is 0 Å². The third-order valence-corrected chi connectivity index (χ3v) is 5.74. The minimum atomic E-state index is -2.87. The minimum Gasteiger partial charge on any atom is -0.326 e. The van der Waals surface area contributed by atoms with Crippen LogP contribution in [-0.4, -0.2) is 28.8 Å².